The first kappa shape index (κ1) is 20.9. The van der Waals surface area contributed by atoms with Gasteiger partial charge in [-0.1, -0.05) is 18.2 Å². The maximum atomic E-state index is 4.68. The topological polar surface area (TPSA) is 83.0 Å². The summed E-state index contributed by atoms with van der Waals surface area (Å²) in [5, 5.41) is 9.06. The number of aromatic nitrogens is 4. The minimum absolute atomic E-state index is 0.785. The molecule has 4 N–H and O–H groups in total. The Morgan fingerprint density at radius 3 is 2.71 bits per heavy atom. The largest absolute Gasteiger partial charge is 0.368 e. The van der Waals surface area contributed by atoms with Crippen molar-refractivity contribution in [3.05, 3.63) is 78.4 Å². The van der Waals surface area contributed by atoms with Gasteiger partial charge in [0.25, 0.3) is 0 Å². The second kappa shape index (κ2) is 8.96. The Bertz CT molecular complexity index is 1460. The molecule has 0 atom stereocenters. The smallest absolute Gasteiger partial charge is 0.191 e. The van der Waals surface area contributed by atoms with Gasteiger partial charge < -0.3 is 20.5 Å². The third-order valence-electron chi connectivity index (χ3n) is 6.36. The van der Waals surface area contributed by atoms with E-state index in [0.717, 1.165) is 71.2 Å². The molecule has 1 aliphatic heterocycles. The highest BCUT2D eigenvalue weighted by molar-refractivity contribution is 7.80. The van der Waals surface area contributed by atoms with Gasteiger partial charge in [-0.25, -0.2) is 15.0 Å². The van der Waals surface area contributed by atoms with Crippen LogP contribution in [0.4, 0.5) is 17.2 Å². The number of fused-ring (bicyclic) bond motifs is 3. The zero-order chi connectivity index (χ0) is 22.9. The van der Waals surface area contributed by atoms with Crippen LogP contribution in [-0.4, -0.2) is 41.1 Å². The van der Waals surface area contributed by atoms with Gasteiger partial charge in [-0.15, -0.1) is 12.6 Å². The molecule has 5 aromatic rings. The average Bonchev–Trinajstić information content (AvgIpc) is 3.25. The number of nitrogens with zero attached hydrogens (tertiary/aromatic N) is 3. The molecule has 1 fully saturated rings. The van der Waals surface area contributed by atoms with Gasteiger partial charge in [-0.05, 0) is 29.8 Å². The van der Waals surface area contributed by atoms with E-state index in [1.54, 1.807) is 0 Å². The van der Waals surface area contributed by atoms with Crippen molar-refractivity contribution < 1.29 is 4.98 Å². The van der Waals surface area contributed by atoms with Crippen LogP contribution in [0.15, 0.2) is 72.1 Å². The first-order chi connectivity index (χ1) is 16.7. The fourth-order valence-electron chi connectivity index (χ4n) is 4.63. The molecular formula is C26H26N7S+. The number of anilines is 3. The molecule has 0 bridgehead atoms. The molecule has 0 spiro atoms. The fourth-order valence-corrected chi connectivity index (χ4v) is 4.87. The summed E-state index contributed by atoms with van der Waals surface area (Å²) in [6, 6.07) is 14.5. The van der Waals surface area contributed by atoms with E-state index in [1.807, 2.05) is 36.8 Å². The van der Waals surface area contributed by atoms with Crippen LogP contribution in [0.2, 0.25) is 0 Å². The molecule has 7 nitrogen and oxygen atoms in total. The van der Waals surface area contributed by atoms with Crippen molar-refractivity contribution in [2.75, 3.05) is 36.4 Å². The van der Waals surface area contributed by atoms with Crippen molar-refractivity contribution >= 4 is 51.8 Å². The van der Waals surface area contributed by atoms with Crippen LogP contribution < -0.4 is 20.5 Å². The summed E-state index contributed by atoms with van der Waals surface area (Å²) in [6.07, 6.45) is 8.61. The molecule has 0 saturated carbocycles. The molecule has 34 heavy (non-hydrogen) atoms. The molecule has 170 valence electrons. The SMILES string of the molecule is Sc1ccccc1Cc1c[nH+]cc2[nH]c3ncc(Nc4ccc(N5CCNCC5)cn4)cc3c12. The summed E-state index contributed by atoms with van der Waals surface area (Å²) in [5.74, 6) is 0.803. The van der Waals surface area contributed by atoms with Crippen LogP contribution in [0.1, 0.15) is 11.1 Å². The van der Waals surface area contributed by atoms with Crippen LogP contribution in [0.5, 0.6) is 0 Å². The Kier molecular flexibility index (Phi) is 5.52. The lowest BCUT2D eigenvalue weighted by Crippen LogP contribution is -2.43. The second-order valence-corrected chi connectivity index (χ2v) is 9.07. The number of thiol groups is 1. The van der Waals surface area contributed by atoms with E-state index in [-0.39, 0.29) is 0 Å². The van der Waals surface area contributed by atoms with E-state index in [9.17, 15) is 0 Å². The number of hydrogen-bond acceptors (Lipinski definition) is 6. The van der Waals surface area contributed by atoms with Crippen LogP contribution in [-0.2, 0) is 6.42 Å². The molecule has 4 aromatic heterocycles. The lowest BCUT2D eigenvalue weighted by molar-refractivity contribution is -0.376. The normalized spacial score (nSPS) is 14.1. The summed E-state index contributed by atoms with van der Waals surface area (Å²) in [5.41, 5.74) is 6.35. The molecule has 5 heterocycles. The molecule has 0 radical (unpaired) electrons. The number of piperazine rings is 1. The summed E-state index contributed by atoms with van der Waals surface area (Å²) >= 11 is 4.64. The second-order valence-electron chi connectivity index (χ2n) is 8.58. The maximum absolute atomic E-state index is 4.68. The quantitative estimate of drug-likeness (QED) is 0.294. The van der Waals surface area contributed by atoms with Gasteiger partial charge in [0.1, 0.15) is 17.0 Å². The predicted octanol–water partition coefficient (Wildman–Crippen LogP) is 3.96. The van der Waals surface area contributed by atoms with Gasteiger partial charge in [0.05, 0.1) is 23.8 Å². The molecule has 1 saturated heterocycles. The highest BCUT2D eigenvalue weighted by Crippen LogP contribution is 2.31. The summed E-state index contributed by atoms with van der Waals surface area (Å²) in [6.45, 7) is 4.03. The molecule has 1 aromatic carbocycles. The fraction of sp³-hybridized carbons (Fsp3) is 0.192. The number of H-pyrrole nitrogens is 2. The van der Waals surface area contributed by atoms with E-state index in [1.165, 1.54) is 16.5 Å². The van der Waals surface area contributed by atoms with Gasteiger partial charge in [0.15, 0.2) is 12.4 Å². The van der Waals surface area contributed by atoms with Crippen molar-refractivity contribution in [3.63, 3.8) is 0 Å². The Balaban J connectivity index is 1.31. The number of hydrogen-bond donors (Lipinski definition) is 4. The van der Waals surface area contributed by atoms with Crippen LogP contribution in [0.3, 0.4) is 0 Å². The minimum Gasteiger partial charge on any atom is -0.368 e. The molecule has 0 amide bonds. The average molecular weight is 469 g/mol. The van der Waals surface area contributed by atoms with Crippen molar-refractivity contribution in [2.45, 2.75) is 11.3 Å². The number of aromatic amines is 2. The van der Waals surface area contributed by atoms with Crippen molar-refractivity contribution in [1.82, 2.24) is 20.3 Å². The Morgan fingerprint density at radius 1 is 1.00 bits per heavy atom. The number of pyridine rings is 3. The van der Waals surface area contributed by atoms with E-state index in [4.69, 9.17) is 0 Å². The molecule has 8 heteroatoms. The molecular weight excluding hydrogens is 442 g/mol. The van der Waals surface area contributed by atoms with Crippen LogP contribution in [0.25, 0.3) is 21.9 Å². The zero-order valence-corrected chi connectivity index (χ0v) is 19.6. The molecule has 0 aliphatic carbocycles. The maximum Gasteiger partial charge on any atom is 0.191 e. The van der Waals surface area contributed by atoms with Gasteiger partial charge in [0.2, 0.25) is 0 Å². The Labute approximate surface area is 203 Å². The van der Waals surface area contributed by atoms with E-state index >= 15 is 0 Å². The van der Waals surface area contributed by atoms with Crippen molar-refractivity contribution in [3.8, 4) is 0 Å². The highest BCUT2D eigenvalue weighted by atomic mass is 32.1. The third kappa shape index (κ3) is 4.06. The molecule has 1 aliphatic rings. The van der Waals surface area contributed by atoms with Gasteiger partial charge in [-0.3, -0.25) is 0 Å². The van der Waals surface area contributed by atoms with Crippen molar-refractivity contribution in [1.29, 1.82) is 0 Å². The van der Waals surface area contributed by atoms with Gasteiger partial charge >= 0.3 is 0 Å². The first-order valence-electron chi connectivity index (χ1n) is 11.5. The summed E-state index contributed by atoms with van der Waals surface area (Å²) in [4.78, 5) is 19.4. The van der Waals surface area contributed by atoms with Crippen molar-refractivity contribution in [2.24, 2.45) is 0 Å². The van der Waals surface area contributed by atoms with E-state index in [0.29, 0.717) is 0 Å². The lowest BCUT2D eigenvalue weighted by Gasteiger charge is -2.29. The highest BCUT2D eigenvalue weighted by Gasteiger charge is 2.15. The first-order valence-corrected chi connectivity index (χ1v) is 12.0. The Morgan fingerprint density at radius 2 is 1.88 bits per heavy atom. The van der Waals surface area contributed by atoms with Crippen LogP contribution in [0, 0.1) is 0 Å². The monoisotopic (exact) mass is 468 g/mol. The number of benzene rings is 1. The number of rotatable bonds is 5. The number of nitrogens with one attached hydrogen (secondary N) is 4. The molecule has 6 rings (SSSR count). The Hall–Kier alpha value is -3.62. The lowest BCUT2D eigenvalue weighted by atomic mass is 10.0. The minimum atomic E-state index is 0.785. The standard InChI is InChI=1S/C26H25N7S/c34-23-4-2-1-3-17(23)11-18-13-28-16-22-25(18)21-12-19(14-30-26(21)32-22)31-24-6-5-20(15-29-24)33-9-7-27-8-10-33/h1-6,12-16,27,34H,7-11H2,(H,29,31)(H,30,32)/p+1. The molecule has 0 unspecified atom stereocenters. The zero-order valence-electron chi connectivity index (χ0n) is 18.7. The van der Waals surface area contributed by atoms with Crippen LogP contribution >= 0.6 is 12.6 Å². The predicted molar refractivity (Wildman–Crippen MR) is 139 cm³/mol. The van der Waals surface area contributed by atoms with E-state index < -0.39 is 0 Å². The van der Waals surface area contributed by atoms with Gasteiger partial charge in [-0.2, -0.15) is 0 Å². The summed E-state index contributed by atoms with van der Waals surface area (Å²) < 4.78 is 0. The summed E-state index contributed by atoms with van der Waals surface area (Å²) in [7, 11) is 0. The third-order valence-corrected chi connectivity index (χ3v) is 6.80. The van der Waals surface area contributed by atoms with E-state index in [2.05, 4.69) is 78.6 Å². The van der Waals surface area contributed by atoms with Gasteiger partial charge in [0, 0.05) is 53.8 Å².